The van der Waals surface area contributed by atoms with Gasteiger partial charge in [-0.25, -0.2) is 4.39 Å². The topological polar surface area (TPSA) is 82.9 Å². The van der Waals surface area contributed by atoms with Gasteiger partial charge in [0.15, 0.2) is 0 Å². The number of thiophene rings is 1. The van der Waals surface area contributed by atoms with Gasteiger partial charge in [-0.2, -0.15) is 0 Å². The number of carboxylic acid groups (broad SMARTS) is 1. The second-order valence-electron chi connectivity index (χ2n) is 9.15. The van der Waals surface area contributed by atoms with Gasteiger partial charge in [-0.1, -0.05) is 6.07 Å². The smallest absolute Gasteiger partial charge is 0.303 e. The molecule has 3 aromatic rings. The number of aliphatic hydroxyl groups excluding tert-OH is 1. The number of carboxylic acids is 1. The molecule has 6 nitrogen and oxygen atoms in total. The van der Waals surface area contributed by atoms with Crippen molar-refractivity contribution in [3.63, 3.8) is 0 Å². The standard InChI is InChI=1S/C26H31FN2O4S2/c1-33-18-4-5-21-19(15-18)25(20(27)17-28-21)22(30)6-7-26(16-23(31)32)8-10-29(11-9-26)12-14-35-24-3-2-13-34-24/h2-5,13,15,17,22,30H,6-12,14,16H2,1H3,(H,31,32)/t22-/m1/s1. The van der Waals surface area contributed by atoms with Crippen molar-refractivity contribution in [2.45, 2.75) is 42.4 Å². The fraction of sp³-hybridized carbons (Fsp3) is 0.462. The minimum absolute atomic E-state index is 0.0604. The van der Waals surface area contributed by atoms with Crippen molar-refractivity contribution in [2.24, 2.45) is 5.41 Å². The largest absolute Gasteiger partial charge is 0.497 e. The number of methoxy groups -OCH3 is 1. The third-order valence-corrected chi connectivity index (χ3v) is 9.05. The monoisotopic (exact) mass is 518 g/mol. The number of aliphatic carboxylic acids is 1. The van der Waals surface area contributed by atoms with Crippen molar-refractivity contribution in [1.29, 1.82) is 0 Å². The normalized spacial score (nSPS) is 16.9. The third-order valence-electron chi connectivity index (χ3n) is 6.94. The SMILES string of the molecule is COc1ccc2ncc(F)c([C@H](O)CCC3(CC(=O)O)CCN(CCSc4cccs4)CC3)c2c1. The molecule has 4 rings (SSSR count). The first-order valence-electron chi connectivity index (χ1n) is 11.8. The Kier molecular flexibility index (Phi) is 8.64. The first-order valence-corrected chi connectivity index (χ1v) is 13.7. The molecule has 9 heteroatoms. The van der Waals surface area contributed by atoms with E-state index in [4.69, 9.17) is 4.74 Å². The van der Waals surface area contributed by atoms with E-state index in [2.05, 4.69) is 27.4 Å². The van der Waals surface area contributed by atoms with Gasteiger partial charge < -0.3 is 19.8 Å². The molecule has 0 spiro atoms. The fourth-order valence-corrected chi connectivity index (χ4v) is 6.79. The zero-order chi connectivity index (χ0) is 24.8. The molecule has 1 aromatic carbocycles. The Hall–Kier alpha value is -2.20. The molecule has 1 atom stereocenters. The Morgan fingerprint density at radius 3 is 2.83 bits per heavy atom. The van der Waals surface area contributed by atoms with E-state index in [9.17, 15) is 19.4 Å². The molecule has 0 bridgehead atoms. The predicted molar refractivity (Wildman–Crippen MR) is 138 cm³/mol. The van der Waals surface area contributed by atoms with Gasteiger partial charge in [0, 0.05) is 23.2 Å². The molecular weight excluding hydrogens is 487 g/mol. The highest BCUT2D eigenvalue weighted by Crippen LogP contribution is 2.42. The van der Waals surface area contributed by atoms with Crippen molar-refractivity contribution in [3.8, 4) is 5.75 Å². The summed E-state index contributed by atoms with van der Waals surface area (Å²) in [5.41, 5.74) is 0.374. The van der Waals surface area contributed by atoms with Crippen molar-refractivity contribution in [2.75, 3.05) is 32.5 Å². The number of carbonyl (C=O) groups is 1. The molecule has 0 saturated carbocycles. The Bertz CT molecular complexity index is 1130. The number of thioether (sulfide) groups is 1. The molecular formula is C26H31FN2O4S2. The lowest BCUT2D eigenvalue weighted by Crippen LogP contribution is -2.42. The van der Waals surface area contributed by atoms with Gasteiger partial charge in [0.25, 0.3) is 0 Å². The molecule has 0 unspecified atom stereocenters. The van der Waals surface area contributed by atoms with Crippen molar-refractivity contribution >= 4 is 40.0 Å². The van der Waals surface area contributed by atoms with E-state index >= 15 is 0 Å². The first kappa shape index (κ1) is 25.9. The lowest BCUT2D eigenvalue weighted by molar-refractivity contribution is -0.141. The number of aromatic nitrogens is 1. The summed E-state index contributed by atoms with van der Waals surface area (Å²) < 4.78 is 21.4. The minimum Gasteiger partial charge on any atom is -0.497 e. The van der Waals surface area contributed by atoms with Gasteiger partial charge in [0.2, 0.25) is 0 Å². The number of ether oxygens (including phenoxy) is 1. The second kappa shape index (κ2) is 11.7. The number of aliphatic hydroxyl groups is 1. The van der Waals surface area contributed by atoms with E-state index in [1.807, 2.05) is 11.8 Å². The molecule has 188 valence electrons. The molecule has 2 aromatic heterocycles. The summed E-state index contributed by atoms with van der Waals surface area (Å²) in [5, 5.41) is 23.2. The molecule has 1 aliphatic rings. The van der Waals surface area contributed by atoms with Crippen LogP contribution in [0, 0.1) is 11.2 Å². The van der Waals surface area contributed by atoms with Crippen LogP contribution < -0.4 is 4.74 Å². The van der Waals surface area contributed by atoms with Gasteiger partial charge in [-0.05, 0) is 73.8 Å². The van der Waals surface area contributed by atoms with Crippen LogP contribution >= 0.6 is 23.1 Å². The van der Waals surface area contributed by atoms with E-state index in [-0.39, 0.29) is 18.4 Å². The zero-order valence-electron chi connectivity index (χ0n) is 19.8. The molecule has 1 fully saturated rings. The number of hydrogen-bond donors (Lipinski definition) is 2. The number of nitrogens with zero attached hydrogens (tertiary/aromatic N) is 2. The highest BCUT2D eigenvalue weighted by Gasteiger charge is 2.37. The van der Waals surface area contributed by atoms with Crippen LogP contribution in [-0.4, -0.2) is 58.6 Å². The fourth-order valence-electron chi connectivity index (χ4n) is 4.93. The number of likely N-dealkylation sites (tertiary alicyclic amines) is 1. The summed E-state index contributed by atoms with van der Waals surface area (Å²) >= 11 is 3.59. The number of benzene rings is 1. The number of halogens is 1. The second-order valence-corrected chi connectivity index (χ2v) is 11.5. The Morgan fingerprint density at radius 2 is 2.14 bits per heavy atom. The average molecular weight is 519 g/mol. The van der Waals surface area contributed by atoms with Crippen LogP contribution in [0.2, 0.25) is 0 Å². The van der Waals surface area contributed by atoms with Gasteiger partial charge in [0.05, 0.1) is 35.6 Å². The summed E-state index contributed by atoms with van der Waals surface area (Å²) in [6.07, 6.45) is 2.45. The van der Waals surface area contributed by atoms with Crippen molar-refractivity contribution < 1.29 is 24.1 Å². The Morgan fingerprint density at radius 1 is 1.34 bits per heavy atom. The highest BCUT2D eigenvalue weighted by molar-refractivity contribution is 8.01. The average Bonchev–Trinajstić information content (AvgIpc) is 3.36. The first-order chi connectivity index (χ1) is 16.9. The van der Waals surface area contributed by atoms with Gasteiger partial charge in [-0.15, -0.1) is 23.1 Å². The molecule has 2 N–H and O–H groups in total. The Balaban J connectivity index is 1.40. The maximum absolute atomic E-state index is 14.8. The Labute approximate surface area is 213 Å². The molecule has 1 saturated heterocycles. The minimum atomic E-state index is -1.06. The summed E-state index contributed by atoms with van der Waals surface area (Å²) in [5.74, 6) is 0.170. The van der Waals surface area contributed by atoms with E-state index in [1.165, 1.54) is 11.3 Å². The van der Waals surface area contributed by atoms with Crippen molar-refractivity contribution in [1.82, 2.24) is 9.88 Å². The molecule has 35 heavy (non-hydrogen) atoms. The van der Waals surface area contributed by atoms with Crippen LogP contribution in [0.5, 0.6) is 5.75 Å². The van der Waals surface area contributed by atoms with Crippen LogP contribution in [0.4, 0.5) is 4.39 Å². The van der Waals surface area contributed by atoms with E-state index in [1.54, 1.807) is 29.5 Å². The van der Waals surface area contributed by atoms with Crippen molar-refractivity contribution in [3.05, 3.63) is 53.3 Å². The van der Waals surface area contributed by atoms with Crippen LogP contribution in [0.1, 0.15) is 43.8 Å². The highest BCUT2D eigenvalue weighted by atomic mass is 32.2. The van der Waals surface area contributed by atoms with Gasteiger partial charge >= 0.3 is 5.97 Å². The summed E-state index contributed by atoms with van der Waals surface area (Å²) in [6, 6.07) is 9.35. The van der Waals surface area contributed by atoms with Gasteiger partial charge in [-0.3, -0.25) is 9.78 Å². The van der Waals surface area contributed by atoms with Crippen LogP contribution in [0.3, 0.4) is 0 Å². The molecule has 0 aliphatic carbocycles. The molecule has 0 amide bonds. The third kappa shape index (κ3) is 6.52. The van der Waals surface area contributed by atoms with Crippen LogP contribution in [0.15, 0.2) is 46.1 Å². The number of pyridine rings is 1. The number of rotatable bonds is 11. The van der Waals surface area contributed by atoms with E-state index in [0.29, 0.717) is 23.1 Å². The number of fused-ring (bicyclic) bond motifs is 1. The lowest BCUT2D eigenvalue weighted by Gasteiger charge is -2.41. The predicted octanol–water partition coefficient (Wildman–Crippen LogP) is 5.61. The quantitative estimate of drug-likeness (QED) is 0.319. The van der Waals surface area contributed by atoms with E-state index in [0.717, 1.165) is 44.4 Å². The molecule has 1 aliphatic heterocycles. The van der Waals surface area contributed by atoms with E-state index < -0.39 is 23.3 Å². The number of hydrogen-bond acceptors (Lipinski definition) is 7. The maximum Gasteiger partial charge on any atom is 0.303 e. The van der Waals surface area contributed by atoms with Crippen LogP contribution in [-0.2, 0) is 4.79 Å². The lowest BCUT2D eigenvalue weighted by atomic mass is 9.71. The zero-order valence-corrected chi connectivity index (χ0v) is 21.4. The molecule has 0 radical (unpaired) electrons. The maximum atomic E-state index is 14.8. The summed E-state index contributed by atoms with van der Waals surface area (Å²) in [6.45, 7) is 2.63. The summed E-state index contributed by atoms with van der Waals surface area (Å²) in [4.78, 5) is 18.2. The molecule has 3 heterocycles. The number of piperidine rings is 1. The summed E-state index contributed by atoms with van der Waals surface area (Å²) in [7, 11) is 1.53. The van der Waals surface area contributed by atoms with Gasteiger partial charge in [0.1, 0.15) is 11.6 Å². The van der Waals surface area contributed by atoms with Crippen LogP contribution in [0.25, 0.3) is 10.9 Å².